The molecule has 0 aliphatic heterocycles. The van der Waals surface area contributed by atoms with Crippen molar-refractivity contribution in [3.8, 4) is 0 Å². The molecule has 0 bridgehead atoms. The van der Waals surface area contributed by atoms with Gasteiger partial charge >= 0.3 is 0 Å². The van der Waals surface area contributed by atoms with E-state index in [1.54, 1.807) is 24.3 Å². The zero-order valence-electron chi connectivity index (χ0n) is 9.67. The number of halogens is 3. The average Bonchev–Trinajstić information content (AvgIpc) is 2.31. The van der Waals surface area contributed by atoms with E-state index in [-0.39, 0.29) is 5.91 Å². The van der Waals surface area contributed by atoms with E-state index in [1.807, 2.05) is 0 Å². The zero-order valence-corrected chi connectivity index (χ0v) is 11.2. The molecule has 6 heteroatoms. The van der Waals surface area contributed by atoms with E-state index in [4.69, 9.17) is 11.6 Å². The molecule has 0 aromatic heterocycles. The second-order valence-corrected chi connectivity index (χ2v) is 4.98. The molecule has 1 amide bonds. The molecule has 0 radical (unpaired) electrons. The Balaban J connectivity index is 2.57. The molecule has 18 heavy (non-hydrogen) atoms. The molecule has 1 aromatic carbocycles. The van der Waals surface area contributed by atoms with Gasteiger partial charge in [0.05, 0.1) is 5.69 Å². The number of benzene rings is 1. The molecule has 1 aromatic rings. The van der Waals surface area contributed by atoms with Gasteiger partial charge in [-0.15, -0.1) is 11.6 Å². The number of unbranched alkanes of at least 4 members (excludes halogenated alkanes) is 1. The van der Waals surface area contributed by atoms with Crippen LogP contribution in [0.25, 0.3) is 0 Å². The van der Waals surface area contributed by atoms with Crippen molar-refractivity contribution in [3.05, 3.63) is 24.3 Å². The van der Waals surface area contributed by atoms with Gasteiger partial charge in [-0.25, -0.2) is 0 Å². The van der Waals surface area contributed by atoms with Crippen molar-refractivity contribution >= 4 is 35.0 Å². The van der Waals surface area contributed by atoms with E-state index in [0.29, 0.717) is 41.1 Å². The molecule has 1 N–H and O–H groups in total. The van der Waals surface area contributed by atoms with Crippen LogP contribution in [0.4, 0.5) is 14.5 Å². The number of hydrogen-bond acceptors (Lipinski definition) is 2. The molecular formula is C12H14ClF2NOS. The zero-order chi connectivity index (χ0) is 13.4. The maximum atomic E-state index is 12.3. The van der Waals surface area contributed by atoms with E-state index in [1.165, 1.54) is 0 Å². The van der Waals surface area contributed by atoms with Crippen LogP contribution in [0.3, 0.4) is 0 Å². The molecule has 0 aliphatic carbocycles. The number of carbonyl (C=O) groups is 1. The van der Waals surface area contributed by atoms with Crippen LogP contribution in [0, 0.1) is 0 Å². The molecule has 1 rings (SSSR count). The van der Waals surface area contributed by atoms with E-state index in [2.05, 4.69) is 5.32 Å². The van der Waals surface area contributed by atoms with Crippen molar-refractivity contribution in [1.82, 2.24) is 0 Å². The van der Waals surface area contributed by atoms with Gasteiger partial charge in [0.2, 0.25) is 5.91 Å². The predicted molar refractivity (Wildman–Crippen MR) is 71.5 cm³/mol. The second kappa shape index (κ2) is 8.32. The van der Waals surface area contributed by atoms with Crippen LogP contribution >= 0.6 is 23.4 Å². The van der Waals surface area contributed by atoms with E-state index in [9.17, 15) is 13.6 Å². The maximum absolute atomic E-state index is 12.3. The number of alkyl halides is 3. The van der Waals surface area contributed by atoms with Crippen LogP contribution in [0.1, 0.15) is 19.3 Å². The summed E-state index contributed by atoms with van der Waals surface area (Å²) in [7, 11) is 0. The van der Waals surface area contributed by atoms with Crippen LogP contribution < -0.4 is 5.32 Å². The van der Waals surface area contributed by atoms with Crippen LogP contribution in [-0.4, -0.2) is 17.5 Å². The Morgan fingerprint density at radius 1 is 1.33 bits per heavy atom. The number of hydrogen-bond donors (Lipinski definition) is 1. The molecule has 0 saturated carbocycles. The Bertz CT molecular complexity index is 390. The van der Waals surface area contributed by atoms with Crippen LogP contribution in [0.2, 0.25) is 0 Å². The van der Waals surface area contributed by atoms with E-state index >= 15 is 0 Å². The van der Waals surface area contributed by atoms with Gasteiger partial charge in [0, 0.05) is 17.2 Å². The van der Waals surface area contributed by atoms with Gasteiger partial charge in [-0.05, 0) is 25.0 Å². The lowest BCUT2D eigenvalue weighted by atomic mass is 10.2. The van der Waals surface area contributed by atoms with Gasteiger partial charge < -0.3 is 5.32 Å². The maximum Gasteiger partial charge on any atom is 0.288 e. The van der Waals surface area contributed by atoms with Crippen LogP contribution in [0.15, 0.2) is 29.2 Å². The molecule has 100 valence electrons. The van der Waals surface area contributed by atoms with Gasteiger partial charge in [0.15, 0.2) is 0 Å². The standard InChI is InChI=1S/C12H14ClF2NOS/c13-8-4-3-7-11(17)16-9-5-1-2-6-10(9)18-12(14)15/h1-2,5-6,12H,3-4,7-8H2,(H,16,17). The first kappa shape index (κ1) is 15.2. The molecule has 2 nitrogen and oxygen atoms in total. The fraction of sp³-hybridized carbons (Fsp3) is 0.417. The molecule has 0 heterocycles. The summed E-state index contributed by atoms with van der Waals surface area (Å²) in [6.07, 6.45) is 1.81. The SMILES string of the molecule is O=C(CCCCCl)Nc1ccccc1SC(F)F. The lowest BCUT2D eigenvalue weighted by molar-refractivity contribution is -0.116. The van der Waals surface area contributed by atoms with Crippen molar-refractivity contribution in [1.29, 1.82) is 0 Å². The number of nitrogens with one attached hydrogen (secondary N) is 1. The molecule has 0 aliphatic rings. The normalized spacial score (nSPS) is 10.7. The van der Waals surface area contributed by atoms with Crippen LogP contribution in [0.5, 0.6) is 0 Å². The third-order valence-corrected chi connectivity index (χ3v) is 3.22. The highest BCUT2D eigenvalue weighted by molar-refractivity contribution is 7.99. The van der Waals surface area contributed by atoms with Crippen molar-refractivity contribution in [3.63, 3.8) is 0 Å². The molecule has 0 saturated heterocycles. The fourth-order valence-electron chi connectivity index (χ4n) is 1.36. The number of amides is 1. The lowest BCUT2D eigenvalue weighted by Crippen LogP contribution is -2.12. The largest absolute Gasteiger partial charge is 0.325 e. The van der Waals surface area contributed by atoms with Crippen molar-refractivity contribution < 1.29 is 13.6 Å². The second-order valence-electron chi connectivity index (χ2n) is 3.57. The van der Waals surface area contributed by atoms with Gasteiger partial charge in [0.1, 0.15) is 0 Å². The third kappa shape index (κ3) is 5.69. The summed E-state index contributed by atoms with van der Waals surface area (Å²) in [6.45, 7) is 0. The lowest BCUT2D eigenvalue weighted by Gasteiger charge is -2.10. The van der Waals surface area contributed by atoms with Gasteiger partial charge in [0.25, 0.3) is 5.76 Å². The van der Waals surface area contributed by atoms with Crippen molar-refractivity contribution in [2.24, 2.45) is 0 Å². The number of anilines is 1. The Kier molecular flexibility index (Phi) is 7.05. The minimum Gasteiger partial charge on any atom is -0.325 e. The minimum atomic E-state index is -2.50. The number of para-hydroxylation sites is 1. The summed E-state index contributed by atoms with van der Waals surface area (Å²) < 4.78 is 24.6. The molecule has 0 atom stereocenters. The first-order valence-corrected chi connectivity index (χ1v) is 6.94. The summed E-state index contributed by atoms with van der Waals surface area (Å²) in [5, 5.41) is 2.64. The van der Waals surface area contributed by atoms with Crippen molar-refractivity contribution in [2.45, 2.75) is 29.9 Å². The molecule has 0 spiro atoms. The number of thioether (sulfide) groups is 1. The van der Waals surface area contributed by atoms with Gasteiger partial charge in [-0.1, -0.05) is 23.9 Å². The first-order chi connectivity index (χ1) is 8.63. The van der Waals surface area contributed by atoms with Crippen LogP contribution in [-0.2, 0) is 4.79 Å². The Hall–Kier alpha value is -0.810. The van der Waals surface area contributed by atoms with Gasteiger partial charge in [-0.3, -0.25) is 4.79 Å². The first-order valence-electron chi connectivity index (χ1n) is 5.53. The summed E-state index contributed by atoms with van der Waals surface area (Å²) >= 11 is 5.94. The smallest absolute Gasteiger partial charge is 0.288 e. The minimum absolute atomic E-state index is 0.178. The Morgan fingerprint density at radius 3 is 2.72 bits per heavy atom. The highest BCUT2D eigenvalue weighted by atomic mass is 35.5. The summed E-state index contributed by atoms with van der Waals surface area (Å²) in [5.41, 5.74) is 0.429. The summed E-state index contributed by atoms with van der Waals surface area (Å²) in [5.74, 6) is -2.16. The Labute approximate surface area is 114 Å². The Morgan fingerprint density at radius 2 is 2.06 bits per heavy atom. The predicted octanol–water partition coefficient (Wildman–Crippen LogP) is 4.35. The van der Waals surface area contributed by atoms with E-state index in [0.717, 1.165) is 6.42 Å². The monoisotopic (exact) mass is 293 g/mol. The van der Waals surface area contributed by atoms with Crippen molar-refractivity contribution in [2.75, 3.05) is 11.2 Å². The summed E-state index contributed by atoms with van der Waals surface area (Å²) in [4.78, 5) is 11.9. The highest BCUT2D eigenvalue weighted by Crippen LogP contribution is 2.31. The third-order valence-electron chi connectivity index (χ3n) is 2.16. The quantitative estimate of drug-likeness (QED) is 0.460. The highest BCUT2D eigenvalue weighted by Gasteiger charge is 2.11. The molecular weight excluding hydrogens is 280 g/mol. The number of carbonyl (C=O) groups excluding carboxylic acids is 1. The van der Waals surface area contributed by atoms with E-state index < -0.39 is 5.76 Å². The topological polar surface area (TPSA) is 29.1 Å². The number of rotatable bonds is 7. The molecule has 0 fully saturated rings. The molecule has 0 unspecified atom stereocenters. The summed E-state index contributed by atoms with van der Waals surface area (Å²) in [6, 6.07) is 6.53. The van der Waals surface area contributed by atoms with Gasteiger partial charge in [-0.2, -0.15) is 8.78 Å². The fourth-order valence-corrected chi connectivity index (χ4v) is 2.15. The average molecular weight is 294 g/mol.